The second kappa shape index (κ2) is 4.68. The molecule has 98 valence electrons. The number of halogens is 1. The first-order valence-electron chi connectivity index (χ1n) is 5.92. The molecule has 0 radical (unpaired) electrons. The van der Waals surface area contributed by atoms with Crippen molar-refractivity contribution >= 4 is 15.9 Å². The van der Waals surface area contributed by atoms with Gasteiger partial charge in [0, 0.05) is 6.20 Å². The Balaban J connectivity index is 2.84. The summed E-state index contributed by atoms with van der Waals surface area (Å²) in [6, 6.07) is 3.57. The predicted octanol–water partition coefficient (Wildman–Crippen LogP) is 2.51. The van der Waals surface area contributed by atoms with Crippen molar-refractivity contribution in [2.24, 2.45) is 0 Å². The largest absolute Gasteiger partial charge is 0.350 e. The minimum absolute atomic E-state index is 0.306. The van der Waals surface area contributed by atoms with E-state index in [0.717, 1.165) is 12.0 Å². The summed E-state index contributed by atoms with van der Waals surface area (Å²) in [6.45, 7) is 3.85. The molecule has 2 aromatic heterocycles. The molecule has 0 aliphatic heterocycles. The number of hydrogen-bond donors (Lipinski definition) is 0. The van der Waals surface area contributed by atoms with Gasteiger partial charge in [0.05, 0.1) is 5.69 Å². The zero-order chi connectivity index (χ0) is 13.3. The van der Waals surface area contributed by atoms with Gasteiger partial charge < -0.3 is 0 Å². The van der Waals surface area contributed by atoms with Gasteiger partial charge in [-0.1, -0.05) is 30.2 Å². The Kier molecular flexibility index (Phi) is 3.38. The van der Waals surface area contributed by atoms with Crippen molar-refractivity contribution in [3.8, 4) is 0 Å². The minimum atomic E-state index is -4.76. The lowest BCUT2D eigenvalue weighted by atomic mass is 10.2. The van der Waals surface area contributed by atoms with E-state index < -0.39 is 10.2 Å². The Hall–Kier alpha value is -1.43. The molecule has 0 N–H and O–H groups in total. The first kappa shape index (κ1) is 13.0. The van der Waals surface area contributed by atoms with E-state index in [1.807, 2.05) is 19.9 Å². The van der Waals surface area contributed by atoms with Gasteiger partial charge in [-0.3, -0.25) is 4.40 Å². The number of rotatable bonds is 4. The molecule has 0 aliphatic carbocycles. The van der Waals surface area contributed by atoms with Gasteiger partial charge in [0.1, 0.15) is 5.65 Å². The Morgan fingerprint density at radius 3 is 2.67 bits per heavy atom. The van der Waals surface area contributed by atoms with Crippen LogP contribution in [0, 0.1) is 0 Å². The topological polar surface area (TPSA) is 51.4 Å². The average Bonchev–Trinajstić information content (AvgIpc) is 2.66. The van der Waals surface area contributed by atoms with Crippen molar-refractivity contribution in [1.82, 2.24) is 9.38 Å². The monoisotopic (exact) mass is 270 g/mol. The second-order valence-electron chi connectivity index (χ2n) is 4.13. The number of aromatic nitrogens is 2. The molecule has 0 unspecified atom stereocenters. The quantitative estimate of drug-likeness (QED) is 0.802. The van der Waals surface area contributed by atoms with Crippen molar-refractivity contribution in [2.75, 3.05) is 0 Å². The highest BCUT2D eigenvalue weighted by Crippen LogP contribution is 2.23. The summed E-state index contributed by atoms with van der Waals surface area (Å²) in [5.74, 6) is 0. The van der Waals surface area contributed by atoms with Gasteiger partial charge in [0.2, 0.25) is 0 Å². The van der Waals surface area contributed by atoms with Crippen molar-refractivity contribution in [3.05, 3.63) is 29.6 Å². The Bertz CT molecular complexity index is 677. The van der Waals surface area contributed by atoms with Crippen molar-refractivity contribution < 1.29 is 12.3 Å². The minimum Gasteiger partial charge on any atom is -0.288 e. The molecule has 0 amide bonds. The van der Waals surface area contributed by atoms with E-state index in [-0.39, 0.29) is 5.03 Å². The van der Waals surface area contributed by atoms with E-state index >= 15 is 0 Å². The Morgan fingerprint density at radius 2 is 2.11 bits per heavy atom. The molecule has 18 heavy (non-hydrogen) atoms. The van der Waals surface area contributed by atoms with E-state index in [1.54, 1.807) is 6.07 Å². The van der Waals surface area contributed by atoms with Crippen LogP contribution in [0.3, 0.4) is 0 Å². The molecule has 0 aliphatic rings. The maximum absolute atomic E-state index is 13.4. The van der Waals surface area contributed by atoms with Crippen LogP contribution in [0.1, 0.15) is 31.5 Å². The van der Waals surface area contributed by atoms with Crippen LogP contribution < -0.4 is 0 Å². The zero-order valence-electron chi connectivity index (χ0n) is 10.4. The van der Waals surface area contributed by atoms with Crippen LogP contribution in [0.15, 0.2) is 23.4 Å². The number of fused-ring (bicyclic) bond motifs is 1. The van der Waals surface area contributed by atoms with Gasteiger partial charge in [-0.2, -0.15) is 8.42 Å². The molecule has 0 saturated carbocycles. The van der Waals surface area contributed by atoms with E-state index in [0.29, 0.717) is 24.2 Å². The van der Waals surface area contributed by atoms with Crippen LogP contribution in [0.25, 0.3) is 5.65 Å². The molecule has 0 spiro atoms. The summed E-state index contributed by atoms with van der Waals surface area (Å²) >= 11 is 0. The van der Waals surface area contributed by atoms with Gasteiger partial charge in [-0.05, 0) is 24.5 Å². The van der Waals surface area contributed by atoms with Crippen LogP contribution in [-0.2, 0) is 23.1 Å². The van der Waals surface area contributed by atoms with Crippen LogP contribution in [0.5, 0.6) is 0 Å². The van der Waals surface area contributed by atoms with Gasteiger partial charge in [0.25, 0.3) is 0 Å². The summed E-state index contributed by atoms with van der Waals surface area (Å²) in [5, 5.41) is -0.324. The first-order valence-corrected chi connectivity index (χ1v) is 7.30. The normalized spacial score (nSPS) is 12.2. The third-order valence-corrected chi connectivity index (χ3v) is 3.75. The second-order valence-corrected chi connectivity index (χ2v) is 5.39. The Labute approximate surface area is 106 Å². The molecule has 0 aromatic carbocycles. The molecule has 4 nitrogen and oxygen atoms in total. The molecule has 2 aromatic rings. The summed E-state index contributed by atoms with van der Waals surface area (Å²) in [6.07, 6.45) is 3.42. The standard InChI is InChI=1S/C12H15FN2O2S/c1-3-6-10-12(18(13,16)17)15-8-5-7-9(4-2)11(15)14-10/h5,7-8H,3-4,6H2,1-2H3. The van der Waals surface area contributed by atoms with Gasteiger partial charge >= 0.3 is 10.2 Å². The van der Waals surface area contributed by atoms with E-state index in [1.165, 1.54) is 10.6 Å². The maximum atomic E-state index is 13.4. The first-order chi connectivity index (χ1) is 8.49. The number of nitrogens with zero attached hydrogens (tertiary/aromatic N) is 2. The van der Waals surface area contributed by atoms with Crippen LogP contribution in [0.4, 0.5) is 3.89 Å². The SMILES string of the molecule is CCCc1nc2c(CC)cccn2c1S(=O)(=O)F. The highest BCUT2D eigenvalue weighted by atomic mass is 32.3. The molecular formula is C12H15FN2O2S. The summed E-state index contributed by atoms with van der Waals surface area (Å²) < 4.78 is 37.3. The molecule has 2 rings (SSSR count). The Morgan fingerprint density at radius 1 is 1.39 bits per heavy atom. The molecule has 0 bridgehead atoms. The molecule has 6 heteroatoms. The number of aryl methyl sites for hydroxylation is 2. The molecular weight excluding hydrogens is 255 g/mol. The fourth-order valence-electron chi connectivity index (χ4n) is 2.08. The van der Waals surface area contributed by atoms with E-state index in [2.05, 4.69) is 4.98 Å². The maximum Gasteiger partial charge on any atom is 0.350 e. The van der Waals surface area contributed by atoms with Gasteiger partial charge in [-0.25, -0.2) is 4.98 Å². The van der Waals surface area contributed by atoms with Crippen molar-refractivity contribution in [3.63, 3.8) is 0 Å². The number of pyridine rings is 1. The summed E-state index contributed by atoms with van der Waals surface area (Å²) in [7, 11) is -4.76. The predicted molar refractivity (Wildman–Crippen MR) is 66.9 cm³/mol. The smallest absolute Gasteiger partial charge is 0.288 e. The molecule has 0 fully saturated rings. The van der Waals surface area contributed by atoms with Gasteiger partial charge in [-0.15, -0.1) is 0 Å². The van der Waals surface area contributed by atoms with Crippen LogP contribution in [0.2, 0.25) is 0 Å². The lowest BCUT2D eigenvalue weighted by Crippen LogP contribution is -2.02. The van der Waals surface area contributed by atoms with Crippen molar-refractivity contribution in [2.45, 2.75) is 38.1 Å². The average molecular weight is 270 g/mol. The van der Waals surface area contributed by atoms with Gasteiger partial charge in [0.15, 0.2) is 5.03 Å². The highest BCUT2D eigenvalue weighted by Gasteiger charge is 2.24. The van der Waals surface area contributed by atoms with E-state index in [9.17, 15) is 12.3 Å². The zero-order valence-corrected chi connectivity index (χ0v) is 11.2. The fraction of sp³-hybridized carbons (Fsp3) is 0.417. The third-order valence-electron chi connectivity index (χ3n) is 2.85. The number of imidazole rings is 1. The van der Waals surface area contributed by atoms with Crippen LogP contribution >= 0.6 is 0 Å². The highest BCUT2D eigenvalue weighted by molar-refractivity contribution is 7.86. The van der Waals surface area contributed by atoms with E-state index in [4.69, 9.17) is 0 Å². The lowest BCUT2D eigenvalue weighted by Gasteiger charge is -2.01. The molecule has 2 heterocycles. The van der Waals surface area contributed by atoms with Crippen molar-refractivity contribution in [1.29, 1.82) is 0 Å². The fourth-order valence-corrected chi connectivity index (χ4v) is 2.89. The van der Waals surface area contributed by atoms with Crippen LogP contribution in [-0.4, -0.2) is 17.8 Å². The summed E-state index contributed by atoms with van der Waals surface area (Å²) in [4.78, 5) is 4.28. The molecule has 0 saturated heterocycles. The third kappa shape index (κ3) is 2.12. The number of hydrogen-bond acceptors (Lipinski definition) is 3. The molecule has 0 atom stereocenters. The summed E-state index contributed by atoms with van der Waals surface area (Å²) in [5.41, 5.74) is 1.74. The lowest BCUT2D eigenvalue weighted by molar-refractivity contribution is 0.544.